The zero-order chi connectivity index (χ0) is 20.6. The lowest BCUT2D eigenvalue weighted by Gasteiger charge is -2.19. The lowest BCUT2D eigenvalue weighted by atomic mass is 9.79. The third kappa shape index (κ3) is 14.3. The molecule has 0 heterocycles. The van der Waals surface area contributed by atoms with E-state index in [2.05, 4.69) is 39.6 Å². The van der Waals surface area contributed by atoms with Gasteiger partial charge in [0.15, 0.2) is 0 Å². The maximum Gasteiger partial charge on any atom is 0.144 e. The van der Waals surface area contributed by atoms with Crippen LogP contribution in [0.3, 0.4) is 0 Å². The van der Waals surface area contributed by atoms with Gasteiger partial charge in [0.2, 0.25) is 0 Å². The fourth-order valence-corrected chi connectivity index (χ4v) is 1.40. The highest BCUT2D eigenvalue weighted by atomic mass is 79.9. The number of ketones is 4. The number of hydrogen-bond donors (Lipinski definition) is 0. The molecule has 5 heteroatoms. The van der Waals surface area contributed by atoms with E-state index >= 15 is 0 Å². The second-order valence-electron chi connectivity index (χ2n) is 5.55. The van der Waals surface area contributed by atoms with Gasteiger partial charge in [0.25, 0.3) is 0 Å². The fraction of sp³-hybridized carbons (Fsp3) is 0.600. The summed E-state index contributed by atoms with van der Waals surface area (Å²) >= 11 is 3.14. The van der Waals surface area contributed by atoms with Crippen LogP contribution in [0.15, 0.2) is 0 Å². The number of carbonyl (C=O) groups excluding carboxylic acids is 4. The molecule has 0 aliphatic heterocycles. The van der Waals surface area contributed by atoms with E-state index in [0.717, 1.165) is 5.33 Å². The lowest BCUT2D eigenvalue weighted by molar-refractivity contribution is -0.137. The molecule has 4 nitrogen and oxygen atoms in total. The topological polar surface area (TPSA) is 68.3 Å². The van der Waals surface area contributed by atoms with Crippen LogP contribution in [0.1, 0.15) is 61.8 Å². The first-order valence-corrected chi connectivity index (χ1v) is 8.92. The number of rotatable bonds is 5. The van der Waals surface area contributed by atoms with Gasteiger partial charge in [0, 0.05) is 6.42 Å². The average molecular weight is 413 g/mol. The Hall–Kier alpha value is -1.72. The van der Waals surface area contributed by atoms with Gasteiger partial charge < -0.3 is 0 Å². The van der Waals surface area contributed by atoms with E-state index in [4.69, 9.17) is 0 Å². The van der Waals surface area contributed by atoms with Crippen molar-refractivity contribution in [2.45, 2.75) is 61.8 Å². The van der Waals surface area contributed by atoms with Gasteiger partial charge in [0.1, 0.15) is 23.1 Å². The molecule has 0 atom stereocenters. The molecule has 140 valence electrons. The largest absolute Gasteiger partial charge is 0.299 e. The number of hydrogen-bond acceptors (Lipinski definition) is 4. The van der Waals surface area contributed by atoms with Crippen molar-refractivity contribution in [3.63, 3.8) is 0 Å². The summed E-state index contributed by atoms with van der Waals surface area (Å²) in [5, 5.41) is 0.795. The predicted octanol–water partition coefficient (Wildman–Crippen LogP) is 3.79. The smallest absolute Gasteiger partial charge is 0.144 e. The van der Waals surface area contributed by atoms with E-state index in [1.807, 2.05) is 6.92 Å². The van der Waals surface area contributed by atoms with Crippen molar-refractivity contribution < 1.29 is 19.2 Å². The molecule has 25 heavy (non-hydrogen) atoms. The van der Waals surface area contributed by atoms with Gasteiger partial charge in [-0.05, 0) is 55.4 Å². The molecule has 0 N–H and O–H groups in total. The third-order valence-electron chi connectivity index (χ3n) is 3.64. The summed E-state index contributed by atoms with van der Waals surface area (Å²) in [5.41, 5.74) is -0.900. The van der Waals surface area contributed by atoms with Gasteiger partial charge in [-0.1, -0.05) is 21.9 Å². The van der Waals surface area contributed by atoms with Gasteiger partial charge in [-0.15, -0.1) is 17.8 Å². The molecule has 0 radical (unpaired) electrons. The van der Waals surface area contributed by atoms with Crippen LogP contribution in [-0.4, -0.2) is 28.5 Å². The summed E-state index contributed by atoms with van der Waals surface area (Å²) in [5.74, 6) is 10.2. The molecule has 0 rings (SSSR count). The summed E-state index contributed by atoms with van der Waals surface area (Å²) in [6, 6.07) is 0. The van der Waals surface area contributed by atoms with Crippen molar-refractivity contribution in [2.75, 3.05) is 5.33 Å². The fourth-order valence-electron chi connectivity index (χ4n) is 1.12. The van der Waals surface area contributed by atoms with Crippen molar-refractivity contribution in [3.05, 3.63) is 0 Å². The Balaban J connectivity index is -0.000000321. The monoisotopic (exact) mass is 412 g/mol. The minimum absolute atomic E-state index is 0.0579. The lowest BCUT2D eigenvalue weighted by Crippen LogP contribution is -2.32. The number of alkyl halides is 1. The third-order valence-corrected chi connectivity index (χ3v) is 3.92. The quantitative estimate of drug-likeness (QED) is 0.391. The minimum Gasteiger partial charge on any atom is -0.299 e. The molecule has 0 aromatic carbocycles. The molecule has 0 bridgehead atoms. The Morgan fingerprint density at radius 1 is 0.880 bits per heavy atom. The van der Waals surface area contributed by atoms with Crippen LogP contribution in [0.4, 0.5) is 0 Å². The number of halogens is 1. The van der Waals surface area contributed by atoms with Gasteiger partial charge in [-0.25, -0.2) is 0 Å². The van der Waals surface area contributed by atoms with Crippen molar-refractivity contribution >= 4 is 39.1 Å². The Morgan fingerprint density at radius 3 is 1.36 bits per heavy atom. The minimum atomic E-state index is -0.900. The zero-order valence-corrected chi connectivity index (χ0v) is 18.1. The molecule has 0 fully saturated rings. The van der Waals surface area contributed by atoms with Crippen LogP contribution in [0.25, 0.3) is 0 Å². The molecular formula is C20H29BrO4. The number of carbonyl (C=O) groups is 4. The molecule has 0 spiro atoms. The molecule has 0 aliphatic rings. The Morgan fingerprint density at radius 2 is 1.24 bits per heavy atom. The van der Waals surface area contributed by atoms with Crippen molar-refractivity contribution in [2.24, 2.45) is 11.3 Å². The Labute approximate surface area is 160 Å². The maximum absolute atomic E-state index is 11.1. The average Bonchev–Trinajstić information content (AvgIpc) is 2.53. The van der Waals surface area contributed by atoms with Gasteiger partial charge in [-0.2, -0.15) is 0 Å². The van der Waals surface area contributed by atoms with Crippen molar-refractivity contribution in [1.82, 2.24) is 0 Å². The molecule has 0 amide bonds. The van der Waals surface area contributed by atoms with Crippen LogP contribution in [0, 0.1) is 35.0 Å². The van der Waals surface area contributed by atoms with Gasteiger partial charge in [-0.3, -0.25) is 19.2 Å². The summed E-state index contributed by atoms with van der Waals surface area (Å²) in [6.07, 6.45) is 0.328. The normalized spacial score (nSPS) is 8.88. The van der Waals surface area contributed by atoms with Gasteiger partial charge in [0.05, 0.1) is 16.7 Å². The van der Waals surface area contributed by atoms with Crippen molar-refractivity contribution in [3.8, 4) is 23.7 Å². The molecule has 0 aromatic rings. The first-order chi connectivity index (χ1) is 11.4. The molecule has 0 unspecified atom stereocenters. The van der Waals surface area contributed by atoms with Crippen LogP contribution >= 0.6 is 15.9 Å². The highest BCUT2D eigenvalue weighted by molar-refractivity contribution is 9.09. The van der Waals surface area contributed by atoms with Crippen LogP contribution in [-0.2, 0) is 19.2 Å². The molecule has 0 aromatic heterocycles. The van der Waals surface area contributed by atoms with E-state index in [9.17, 15) is 19.2 Å². The number of Topliss-reactive ketones (excluding diaryl/α,β-unsaturated/α-hetero) is 4. The van der Waals surface area contributed by atoms with Gasteiger partial charge >= 0.3 is 0 Å². The van der Waals surface area contributed by atoms with E-state index in [0.29, 0.717) is 6.42 Å². The first kappa shape index (κ1) is 28.1. The summed E-state index contributed by atoms with van der Waals surface area (Å²) < 4.78 is 0. The molecule has 0 aliphatic carbocycles. The second kappa shape index (κ2) is 15.8. The first-order valence-electron chi connectivity index (χ1n) is 7.80. The summed E-state index contributed by atoms with van der Waals surface area (Å²) in [6.45, 7) is 12.5. The highest BCUT2D eigenvalue weighted by Crippen LogP contribution is 2.23. The SMILES string of the molecule is CC#CCBr.CC#CCC(C)(C(C)=O)C(C)=O.CC(=O)C(C)C(C)=O. The predicted molar refractivity (Wildman–Crippen MR) is 105 cm³/mol. The van der Waals surface area contributed by atoms with E-state index in [-0.39, 0.29) is 23.1 Å². The molecule has 0 saturated heterocycles. The summed E-state index contributed by atoms with van der Waals surface area (Å²) in [4.78, 5) is 43.0. The van der Waals surface area contributed by atoms with Crippen LogP contribution < -0.4 is 0 Å². The maximum atomic E-state index is 11.1. The Bertz CT molecular complexity index is 554. The zero-order valence-electron chi connectivity index (χ0n) is 16.5. The van der Waals surface area contributed by atoms with E-state index in [1.165, 1.54) is 27.7 Å². The molecular weight excluding hydrogens is 384 g/mol. The van der Waals surface area contributed by atoms with E-state index in [1.54, 1.807) is 20.8 Å². The van der Waals surface area contributed by atoms with Crippen LogP contribution in [0.2, 0.25) is 0 Å². The molecule has 0 saturated carbocycles. The van der Waals surface area contributed by atoms with E-state index < -0.39 is 11.3 Å². The Kier molecular flexibility index (Phi) is 17.7. The standard InChI is InChI=1S/C10H14O2.C6H10O2.C4H5Br/c1-5-6-7-10(4,8(2)11)9(3)12;1-4(5(2)7)6(3)8;1-2-3-4-5/h7H2,1-4H3;4H,1-3H3;4H2,1H3. The second-order valence-corrected chi connectivity index (χ2v) is 6.11. The summed E-state index contributed by atoms with van der Waals surface area (Å²) in [7, 11) is 0. The highest BCUT2D eigenvalue weighted by Gasteiger charge is 2.33. The van der Waals surface area contributed by atoms with Crippen molar-refractivity contribution in [1.29, 1.82) is 0 Å². The van der Waals surface area contributed by atoms with Crippen LogP contribution in [0.5, 0.6) is 0 Å².